The molecular formula is C61H70O11SSi. The number of rotatable bonds is 22. The van der Waals surface area contributed by atoms with Gasteiger partial charge in [-0.25, -0.2) is 0 Å². The monoisotopic (exact) mass is 1040 g/mol. The molecule has 2 aliphatic heterocycles. The second kappa shape index (κ2) is 26.0. The summed E-state index contributed by atoms with van der Waals surface area (Å²) in [7, 11) is -3.19. The molecule has 1 N–H and O–H groups in total. The summed E-state index contributed by atoms with van der Waals surface area (Å²) in [6.07, 6.45) is -9.22. The molecule has 10 atom stereocenters. The van der Waals surface area contributed by atoms with Gasteiger partial charge in [0.25, 0.3) is 8.32 Å². The Labute approximate surface area is 441 Å². The fraction of sp³-hybridized carbons (Fsp3) is 0.377. The summed E-state index contributed by atoms with van der Waals surface area (Å²) in [5, 5.41) is 14.8. The molecule has 0 aliphatic carbocycles. The molecule has 2 aliphatic rings. The lowest BCUT2D eigenvalue weighted by Crippen LogP contribution is -2.68. The highest BCUT2D eigenvalue weighted by Gasteiger charge is 2.56. The zero-order valence-corrected chi connectivity index (χ0v) is 45.0. The first kappa shape index (κ1) is 55.0. The Kier molecular flexibility index (Phi) is 19.3. The molecular weight excluding hydrogens is 969 g/mol. The maximum atomic E-state index is 13.9. The first-order valence-electron chi connectivity index (χ1n) is 25.6. The van der Waals surface area contributed by atoms with E-state index in [1.165, 1.54) is 18.7 Å². The fourth-order valence-electron chi connectivity index (χ4n) is 9.76. The predicted octanol–water partition coefficient (Wildman–Crippen LogP) is 9.92. The summed E-state index contributed by atoms with van der Waals surface area (Å²) in [4.78, 5) is 26.9. The van der Waals surface area contributed by atoms with E-state index in [4.69, 9.17) is 37.6 Å². The number of aliphatic hydroxyl groups excluding tert-OH is 1. The van der Waals surface area contributed by atoms with Gasteiger partial charge >= 0.3 is 5.97 Å². The van der Waals surface area contributed by atoms with Crippen LogP contribution in [0, 0.1) is 6.92 Å². The quantitative estimate of drug-likeness (QED) is 0.0514. The lowest BCUT2D eigenvalue weighted by atomic mass is 9.97. The van der Waals surface area contributed by atoms with Crippen molar-refractivity contribution in [3.63, 3.8) is 0 Å². The molecule has 0 spiro atoms. The van der Waals surface area contributed by atoms with E-state index in [2.05, 4.69) is 45.0 Å². The Hall–Kier alpha value is -5.29. The number of hydrogen-bond donors (Lipinski definition) is 1. The van der Waals surface area contributed by atoms with E-state index >= 15 is 0 Å². The van der Waals surface area contributed by atoms with E-state index in [1.54, 1.807) is 0 Å². The summed E-state index contributed by atoms with van der Waals surface area (Å²) >= 11 is 1.38. The van der Waals surface area contributed by atoms with Crippen molar-refractivity contribution in [2.45, 2.75) is 145 Å². The molecule has 13 heteroatoms. The van der Waals surface area contributed by atoms with Crippen LogP contribution < -0.4 is 10.4 Å². The number of ketones is 1. The standard InChI is InChI=1S/C61H70O11SSi/c1-42-32-35-48(36-33-42)73-60-56(53(64)55(71-52(63)37-34-43(2)62)51(70-60)41-68-74(61(4,5)6,49-28-18-10-19-29-49)50-30-20-11-21-31-50)72-59-58(67-40-47-26-16-9-17-27-47)57(66-39-46-24-14-8-15-25-46)54(44(3)69-59)65-38-45-22-12-7-13-23-45/h7-33,35-36,44,51,53-60,64H,34,37-41H2,1-6H3/t44-,51+,53-,54+,55-,56+,57+,58-,59-,60-/m0/s1. The van der Waals surface area contributed by atoms with Crippen LogP contribution in [-0.4, -0.2) is 92.3 Å². The highest BCUT2D eigenvalue weighted by Crippen LogP contribution is 2.42. The number of ether oxygens (including phenoxy) is 7. The number of esters is 1. The number of benzene rings is 6. The number of hydrogen-bond acceptors (Lipinski definition) is 12. The molecule has 390 valence electrons. The number of aryl methyl sites for hydroxylation is 1. The van der Waals surface area contributed by atoms with Crippen molar-refractivity contribution in [2.75, 3.05) is 6.61 Å². The Balaban J connectivity index is 1.18. The Morgan fingerprint density at radius 1 is 0.595 bits per heavy atom. The summed E-state index contributed by atoms with van der Waals surface area (Å²) < 4.78 is 55.5. The van der Waals surface area contributed by atoms with Crippen molar-refractivity contribution in [1.82, 2.24) is 0 Å². The van der Waals surface area contributed by atoms with Crippen molar-refractivity contribution < 1.29 is 52.3 Å². The van der Waals surface area contributed by atoms with Gasteiger partial charge in [0, 0.05) is 11.3 Å². The maximum absolute atomic E-state index is 13.9. The van der Waals surface area contributed by atoms with Gasteiger partial charge in [0.2, 0.25) is 0 Å². The van der Waals surface area contributed by atoms with Gasteiger partial charge < -0.3 is 47.5 Å². The summed E-state index contributed by atoms with van der Waals surface area (Å²) in [5.74, 6) is -0.823. The highest BCUT2D eigenvalue weighted by atomic mass is 32.2. The first-order chi connectivity index (χ1) is 35.8. The second-order valence-corrected chi connectivity index (χ2v) is 25.7. The number of Topliss-reactive ketones (excluding diaryl/α,β-unsaturated/α-hetero) is 1. The van der Waals surface area contributed by atoms with Crippen LogP contribution in [0.2, 0.25) is 5.04 Å². The largest absolute Gasteiger partial charge is 0.457 e. The molecule has 0 bridgehead atoms. The van der Waals surface area contributed by atoms with Crippen LogP contribution in [0.5, 0.6) is 0 Å². The van der Waals surface area contributed by atoms with Crippen LogP contribution in [0.1, 0.15) is 69.7 Å². The Bertz CT molecular complexity index is 2600. The zero-order chi connectivity index (χ0) is 52.1. The van der Waals surface area contributed by atoms with Crippen LogP contribution in [0.4, 0.5) is 0 Å². The van der Waals surface area contributed by atoms with E-state index in [9.17, 15) is 14.7 Å². The average molecular weight is 1040 g/mol. The van der Waals surface area contributed by atoms with E-state index in [0.29, 0.717) is 6.61 Å². The predicted molar refractivity (Wildman–Crippen MR) is 289 cm³/mol. The molecule has 6 aromatic carbocycles. The molecule has 0 unspecified atom stereocenters. The smallest absolute Gasteiger partial charge is 0.306 e. The van der Waals surface area contributed by atoms with Gasteiger partial charge in [0.15, 0.2) is 12.4 Å². The Morgan fingerprint density at radius 3 is 1.55 bits per heavy atom. The molecule has 74 heavy (non-hydrogen) atoms. The molecule has 6 aromatic rings. The van der Waals surface area contributed by atoms with Gasteiger partial charge in [-0.05, 0) is 65.0 Å². The fourth-order valence-corrected chi connectivity index (χ4v) is 15.4. The van der Waals surface area contributed by atoms with Gasteiger partial charge in [-0.3, -0.25) is 4.79 Å². The maximum Gasteiger partial charge on any atom is 0.306 e. The van der Waals surface area contributed by atoms with Crippen molar-refractivity contribution in [3.8, 4) is 0 Å². The van der Waals surface area contributed by atoms with Gasteiger partial charge in [0.05, 0.1) is 39.0 Å². The molecule has 2 fully saturated rings. The minimum Gasteiger partial charge on any atom is -0.457 e. The molecule has 0 radical (unpaired) electrons. The van der Waals surface area contributed by atoms with E-state index in [0.717, 1.165) is 37.5 Å². The number of carbonyl (C=O) groups excluding carboxylic acids is 2. The van der Waals surface area contributed by atoms with E-state index in [1.807, 2.05) is 166 Å². The number of aliphatic hydroxyl groups is 1. The SMILES string of the molecule is CC(=O)CCC(=O)O[C@@H]1[C@H](O)[C@@H](O[C@@H]2O[C@@H](C)[C@@H](OCc3ccccc3)[C@@H](OCc3ccccc3)[C@@H]2OCc2ccccc2)[C@H](Sc2ccc(C)cc2)O[C@@H]1CO[Si](c1ccccc1)(c1ccccc1)C(C)(C)C. The normalized spacial score (nSPS) is 24.3. The van der Waals surface area contributed by atoms with E-state index in [-0.39, 0.29) is 38.4 Å². The van der Waals surface area contributed by atoms with Crippen LogP contribution in [0.15, 0.2) is 181 Å². The minimum absolute atomic E-state index is 0.0241. The average Bonchev–Trinajstić information content (AvgIpc) is 3.40. The van der Waals surface area contributed by atoms with Crippen LogP contribution in [0.25, 0.3) is 0 Å². The lowest BCUT2D eigenvalue weighted by Gasteiger charge is -2.49. The molecule has 2 heterocycles. The number of carbonyl (C=O) groups is 2. The molecule has 0 saturated carbocycles. The molecule has 11 nitrogen and oxygen atoms in total. The second-order valence-electron chi connectivity index (χ2n) is 20.2. The molecule has 8 rings (SSSR count). The van der Waals surface area contributed by atoms with Gasteiger partial charge in [0.1, 0.15) is 47.8 Å². The van der Waals surface area contributed by atoms with Gasteiger partial charge in [-0.15, -0.1) is 0 Å². The molecule has 2 saturated heterocycles. The summed E-state index contributed by atoms with van der Waals surface area (Å²) in [6.45, 7) is 12.6. The summed E-state index contributed by atoms with van der Waals surface area (Å²) in [6, 6.07) is 58.2. The van der Waals surface area contributed by atoms with Crippen LogP contribution >= 0.6 is 11.8 Å². The summed E-state index contributed by atoms with van der Waals surface area (Å²) in [5.41, 5.74) is 3.03. The van der Waals surface area contributed by atoms with Crippen LogP contribution in [-0.2, 0) is 67.0 Å². The van der Waals surface area contributed by atoms with Crippen molar-refractivity contribution in [1.29, 1.82) is 0 Å². The number of thioether (sulfide) groups is 1. The minimum atomic E-state index is -3.19. The molecule has 0 aromatic heterocycles. The van der Waals surface area contributed by atoms with Crippen molar-refractivity contribution in [2.24, 2.45) is 0 Å². The van der Waals surface area contributed by atoms with Crippen molar-refractivity contribution in [3.05, 3.63) is 198 Å². The third-order valence-electron chi connectivity index (χ3n) is 13.6. The zero-order valence-electron chi connectivity index (χ0n) is 43.2. The van der Waals surface area contributed by atoms with Gasteiger partial charge in [-0.1, -0.05) is 202 Å². The van der Waals surface area contributed by atoms with Gasteiger partial charge in [-0.2, -0.15) is 0 Å². The van der Waals surface area contributed by atoms with Crippen molar-refractivity contribution >= 4 is 42.2 Å². The Morgan fingerprint density at radius 2 is 1.07 bits per heavy atom. The third-order valence-corrected chi connectivity index (χ3v) is 19.8. The van der Waals surface area contributed by atoms with E-state index < -0.39 is 79.9 Å². The van der Waals surface area contributed by atoms with Crippen LogP contribution in [0.3, 0.4) is 0 Å². The lowest BCUT2D eigenvalue weighted by molar-refractivity contribution is -0.347. The third kappa shape index (κ3) is 13.9. The topological polar surface area (TPSA) is 128 Å². The highest BCUT2D eigenvalue weighted by molar-refractivity contribution is 7.99. The first-order valence-corrected chi connectivity index (χ1v) is 28.4. The molecule has 0 amide bonds.